The van der Waals surface area contributed by atoms with Crippen molar-refractivity contribution >= 4 is 33.6 Å². The Morgan fingerprint density at radius 1 is 1.20 bits per heavy atom. The molecule has 5 heteroatoms. The molecule has 20 heavy (non-hydrogen) atoms. The third-order valence-electron chi connectivity index (χ3n) is 2.23. The summed E-state index contributed by atoms with van der Waals surface area (Å²) in [5.41, 5.74) is 0.0225. The number of hydrogen-bond donors (Lipinski definition) is 0. The molecular formula is C15H18BrNO3. The number of carbonyl (C=O) groups is 2. The number of imide groups is 1. The number of amides is 2. The number of benzene rings is 1. The van der Waals surface area contributed by atoms with Crippen molar-refractivity contribution in [1.29, 1.82) is 0 Å². The van der Waals surface area contributed by atoms with E-state index in [9.17, 15) is 9.59 Å². The van der Waals surface area contributed by atoms with Crippen LogP contribution in [0.1, 0.15) is 27.7 Å². The zero-order chi connectivity index (χ0) is 15.5. The largest absolute Gasteiger partial charge is 0.443 e. The molecule has 0 N–H and O–H groups in total. The van der Waals surface area contributed by atoms with E-state index in [1.54, 1.807) is 52.0 Å². The van der Waals surface area contributed by atoms with Gasteiger partial charge in [0.1, 0.15) is 5.60 Å². The van der Waals surface area contributed by atoms with E-state index >= 15 is 0 Å². The van der Waals surface area contributed by atoms with Crippen LogP contribution in [0.5, 0.6) is 0 Å². The Morgan fingerprint density at radius 3 is 2.10 bits per heavy atom. The summed E-state index contributed by atoms with van der Waals surface area (Å²) < 4.78 is 6.12. The number of rotatable bonds is 2. The Morgan fingerprint density at radius 2 is 1.70 bits per heavy atom. The Kier molecular flexibility index (Phi) is 5.11. The van der Waals surface area contributed by atoms with E-state index in [4.69, 9.17) is 4.74 Å². The van der Waals surface area contributed by atoms with Crippen molar-refractivity contribution in [2.45, 2.75) is 33.3 Å². The van der Waals surface area contributed by atoms with Gasteiger partial charge in [-0.25, -0.2) is 9.69 Å². The van der Waals surface area contributed by atoms with E-state index in [1.807, 2.05) is 0 Å². The van der Waals surface area contributed by atoms with Crippen LogP contribution >= 0.6 is 15.9 Å². The molecule has 0 spiro atoms. The molecule has 0 heterocycles. The molecule has 0 aliphatic rings. The van der Waals surface area contributed by atoms with Crippen molar-refractivity contribution in [2.24, 2.45) is 0 Å². The molecule has 0 aliphatic carbocycles. The first kappa shape index (κ1) is 16.4. The maximum Gasteiger partial charge on any atom is 0.422 e. The van der Waals surface area contributed by atoms with E-state index in [0.29, 0.717) is 5.69 Å². The van der Waals surface area contributed by atoms with E-state index in [2.05, 4.69) is 22.5 Å². The van der Waals surface area contributed by atoms with Crippen LogP contribution in [0.25, 0.3) is 0 Å². The van der Waals surface area contributed by atoms with Gasteiger partial charge in [-0.2, -0.15) is 0 Å². The molecule has 1 aromatic carbocycles. The van der Waals surface area contributed by atoms with Crippen molar-refractivity contribution in [3.63, 3.8) is 0 Å². The minimum Gasteiger partial charge on any atom is -0.443 e. The Bertz CT molecular complexity index is 529. The minimum atomic E-state index is -0.715. The van der Waals surface area contributed by atoms with Crippen LogP contribution in [0.3, 0.4) is 0 Å². The van der Waals surface area contributed by atoms with Crippen molar-refractivity contribution in [3.8, 4) is 0 Å². The van der Waals surface area contributed by atoms with Gasteiger partial charge in [-0.05, 0) is 52.0 Å². The van der Waals surface area contributed by atoms with Gasteiger partial charge < -0.3 is 4.74 Å². The Labute approximate surface area is 127 Å². The van der Waals surface area contributed by atoms with Crippen molar-refractivity contribution in [1.82, 2.24) is 0 Å². The summed E-state index contributed by atoms with van der Waals surface area (Å²) in [6, 6.07) is 6.82. The van der Waals surface area contributed by atoms with Crippen LogP contribution < -0.4 is 4.90 Å². The average Bonchev–Trinajstić information content (AvgIpc) is 2.29. The fourth-order valence-corrected chi connectivity index (χ4v) is 1.66. The first-order chi connectivity index (χ1) is 9.11. The van der Waals surface area contributed by atoms with Gasteiger partial charge in [0.15, 0.2) is 0 Å². The summed E-state index contributed by atoms with van der Waals surface area (Å²) in [4.78, 5) is 25.4. The first-order valence-corrected chi connectivity index (χ1v) is 6.89. The van der Waals surface area contributed by atoms with Gasteiger partial charge >= 0.3 is 6.09 Å². The molecule has 0 saturated carbocycles. The second kappa shape index (κ2) is 6.22. The summed E-state index contributed by atoms with van der Waals surface area (Å²) >= 11 is 3.31. The van der Waals surface area contributed by atoms with Gasteiger partial charge in [-0.15, -0.1) is 0 Å². The zero-order valence-electron chi connectivity index (χ0n) is 12.1. The Balaban J connectivity index is 3.15. The van der Waals surface area contributed by atoms with Gasteiger partial charge in [0.2, 0.25) is 0 Å². The maximum atomic E-state index is 12.2. The van der Waals surface area contributed by atoms with Crippen LogP contribution in [0.15, 0.2) is 40.9 Å². The lowest BCUT2D eigenvalue weighted by atomic mass is 10.2. The highest BCUT2D eigenvalue weighted by Gasteiger charge is 2.28. The number of anilines is 1. The Hall–Kier alpha value is -1.62. The monoisotopic (exact) mass is 339 g/mol. The minimum absolute atomic E-state index is 0.263. The van der Waals surface area contributed by atoms with E-state index in [0.717, 1.165) is 9.37 Å². The quantitative estimate of drug-likeness (QED) is 0.755. The smallest absolute Gasteiger partial charge is 0.422 e. The lowest BCUT2D eigenvalue weighted by Crippen LogP contribution is -2.41. The van der Waals surface area contributed by atoms with Gasteiger partial charge in [0.05, 0.1) is 5.69 Å². The van der Waals surface area contributed by atoms with Crippen LogP contribution in [-0.2, 0) is 9.53 Å². The zero-order valence-corrected chi connectivity index (χ0v) is 13.7. The summed E-state index contributed by atoms with van der Waals surface area (Å²) in [6.07, 6.45) is -0.715. The van der Waals surface area contributed by atoms with E-state index < -0.39 is 17.6 Å². The predicted octanol–water partition coefficient (Wildman–Crippen LogP) is 4.29. The molecule has 0 aromatic heterocycles. The van der Waals surface area contributed by atoms with Gasteiger partial charge in [0.25, 0.3) is 5.91 Å². The molecule has 0 unspecified atom stereocenters. The molecule has 108 valence electrons. The molecular weight excluding hydrogens is 322 g/mol. The van der Waals surface area contributed by atoms with Gasteiger partial charge in [-0.1, -0.05) is 22.5 Å². The van der Waals surface area contributed by atoms with Crippen LogP contribution in [0.4, 0.5) is 10.5 Å². The number of ether oxygens (including phenoxy) is 1. The molecule has 0 radical (unpaired) electrons. The highest BCUT2D eigenvalue weighted by Crippen LogP contribution is 2.22. The molecule has 0 fully saturated rings. The van der Waals surface area contributed by atoms with Gasteiger partial charge in [-0.3, -0.25) is 4.79 Å². The normalized spacial score (nSPS) is 10.8. The van der Waals surface area contributed by atoms with Crippen molar-refractivity contribution in [2.75, 3.05) is 4.90 Å². The number of halogens is 1. The summed E-state index contributed by atoms with van der Waals surface area (Å²) in [5, 5.41) is 0. The van der Waals surface area contributed by atoms with Crippen LogP contribution in [0, 0.1) is 0 Å². The lowest BCUT2D eigenvalue weighted by Gasteiger charge is -2.26. The summed E-state index contributed by atoms with van der Waals surface area (Å²) in [6.45, 7) is 10.4. The topological polar surface area (TPSA) is 46.6 Å². The highest BCUT2D eigenvalue weighted by atomic mass is 79.9. The summed E-state index contributed by atoms with van der Waals surface area (Å²) in [7, 11) is 0. The molecule has 0 bridgehead atoms. The number of nitrogens with zero attached hydrogens (tertiary/aromatic N) is 1. The highest BCUT2D eigenvalue weighted by molar-refractivity contribution is 9.10. The molecule has 0 aliphatic heterocycles. The third-order valence-corrected chi connectivity index (χ3v) is 2.76. The molecule has 1 rings (SSSR count). The molecule has 2 amide bonds. The van der Waals surface area contributed by atoms with E-state index in [-0.39, 0.29) is 5.57 Å². The SMILES string of the molecule is C=C(C)C(=O)N(C(=O)OC(C)(C)C)c1ccc(Br)cc1. The van der Waals surface area contributed by atoms with Crippen molar-refractivity contribution < 1.29 is 14.3 Å². The lowest BCUT2D eigenvalue weighted by molar-refractivity contribution is -0.114. The first-order valence-electron chi connectivity index (χ1n) is 6.10. The second-order valence-electron chi connectivity index (χ2n) is 5.38. The fourth-order valence-electron chi connectivity index (χ4n) is 1.39. The van der Waals surface area contributed by atoms with E-state index in [1.165, 1.54) is 0 Å². The summed E-state index contributed by atoms with van der Waals surface area (Å²) in [5.74, 6) is -0.485. The van der Waals surface area contributed by atoms with Crippen LogP contribution in [-0.4, -0.2) is 17.6 Å². The van der Waals surface area contributed by atoms with Crippen molar-refractivity contribution in [3.05, 3.63) is 40.9 Å². The molecule has 1 aromatic rings. The second-order valence-corrected chi connectivity index (χ2v) is 6.29. The molecule has 0 atom stereocenters. The predicted molar refractivity (Wildman–Crippen MR) is 82.7 cm³/mol. The average molecular weight is 340 g/mol. The molecule has 4 nitrogen and oxygen atoms in total. The van der Waals surface area contributed by atoms with Crippen LogP contribution in [0.2, 0.25) is 0 Å². The standard InChI is InChI=1S/C15H18BrNO3/c1-10(2)13(18)17(14(19)20-15(3,4)5)12-8-6-11(16)7-9-12/h6-9H,1H2,2-5H3. The fraction of sp³-hybridized carbons (Fsp3) is 0.333. The molecule has 0 saturated heterocycles. The number of carbonyl (C=O) groups excluding carboxylic acids is 2. The number of hydrogen-bond acceptors (Lipinski definition) is 3. The maximum absolute atomic E-state index is 12.2. The third kappa shape index (κ3) is 4.49. The van der Waals surface area contributed by atoms with Gasteiger partial charge in [0, 0.05) is 10.0 Å².